The van der Waals surface area contributed by atoms with E-state index in [1.54, 1.807) is 42.0 Å². The molecule has 0 spiro atoms. The first kappa shape index (κ1) is 24.6. The minimum Gasteiger partial charge on any atom is -0.462 e. The maximum atomic E-state index is 13.6. The van der Waals surface area contributed by atoms with Crippen LogP contribution < -0.4 is 11.0 Å². The molecule has 1 fully saturated rings. The Morgan fingerprint density at radius 1 is 1.16 bits per heavy atom. The lowest BCUT2D eigenvalue weighted by Crippen LogP contribution is -2.35. The van der Waals surface area contributed by atoms with Crippen molar-refractivity contribution in [3.63, 3.8) is 0 Å². The van der Waals surface area contributed by atoms with Gasteiger partial charge in [-0.25, -0.2) is 9.78 Å². The van der Waals surface area contributed by atoms with Crippen LogP contribution in [0.5, 0.6) is 0 Å². The maximum Gasteiger partial charge on any atom is 0.341 e. The lowest BCUT2D eigenvalue weighted by atomic mass is 10.1. The molecule has 1 aliphatic heterocycles. The fourth-order valence-corrected chi connectivity index (χ4v) is 4.67. The summed E-state index contributed by atoms with van der Waals surface area (Å²) < 4.78 is 14.3. The number of carbonyl (C=O) groups excluding carboxylic acids is 2. The third-order valence-electron chi connectivity index (χ3n) is 6.48. The van der Waals surface area contributed by atoms with Gasteiger partial charge in [-0.15, -0.1) is 0 Å². The largest absolute Gasteiger partial charge is 0.462 e. The zero-order valence-electron chi connectivity index (χ0n) is 21.1. The first-order chi connectivity index (χ1) is 17.9. The molecule has 190 valence electrons. The van der Waals surface area contributed by atoms with Gasteiger partial charge in [0.15, 0.2) is 5.49 Å². The van der Waals surface area contributed by atoms with Crippen LogP contribution in [0.4, 0.5) is 0 Å². The number of hydrogen-bond acceptors (Lipinski definition) is 6. The fourth-order valence-electron chi connectivity index (χ4n) is 4.67. The van der Waals surface area contributed by atoms with Crippen molar-refractivity contribution in [2.75, 3.05) is 13.2 Å². The lowest BCUT2D eigenvalue weighted by molar-refractivity contribution is 0.0521. The van der Waals surface area contributed by atoms with Gasteiger partial charge in [0.05, 0.1) is 24.6 Å². The van der Waals surface area contributed by atoms with Crippen LogP contribution in [0, 0.1) is 13.8 Å². The van der Waals surface area contributed by atoms with E-state index in [0.717, 1.165) is 24.0 Å². The Morgan fingerprint density at radius 2 is 2.00 bits per heavy atom. The summed E-state index contributed by atoms with van der Waals surface area (Å²) in [5, 5.41) is 0.228. The fraction of sp³-hybridized carbons (Fsp3) is 0.321. The van der Waals surface area contributed by atoms with Crippen molar-refractivity contribution in [2.45, 2.75) is 46.3 Å². The van der Waals surface area contributed by atoms with E-state index in [-0.39, 0.29) is 41.3 Å². The highest BCUT2D eigenvalue weighted by Gasteiger charge is 2.24. The smallest absolute Gasteiger partial charge is 0.341 e. The number of fused-ring (bicyclic) bond motifs is 2. The van der Waals surface area contributed by atoms with Crippen LogP contribution in [-0.2, 0) is 16.0 Å². The SMILES string of the molecule is CCOC(=O)c1cc2c(=O)n3cccc(C)c3nc2n(CC2CCCO2)c1=NC(=O)c1cccc(C)c1. The van der Waals surface area contributed by atoms with Gasteiger partial charge in [-0.1, -0.05) is 23.8 Å². The second-order valence-electron chi connectivity index (χ2n) is 9.17. The number of aryl methyl sites for hydroxylation is 2. The van der Waals surface area contributed by atoms with E-state index in [9.17, 15) is 14.4 Å². The average molecular weight is 501 g/mol. The Hall–Kier alpha value is -4.11. The van der Waals surface area contributed by atoms with Crippen molar-refractivity contribution in [1.29, 1.82) is 0 Å². The summed E-state index contributed by atoms with van der Waals surface area (Å²) in [6.07, 6.45) is 3.17. The number of benzene rings is 1. The van der Waals surface area contributed by atoms with Gasteiger partial charge in [0, 0.05) is 18.4 Å². The van der Waals surface area contributed by atoms with Crippen molar-refractivity contribution < 1.29 is 19.1 Å². The summed E-state index contributed by atoms with van der Waals surface area (Å²) in [4.78, 5) is 49.3. The average Bonchev–Trinajstić information content (AvgIpc) is 3.39. The molecule has 1 aromatic carbocycles. The normalized spacial score (nSPS) is 16.0. The molecule has 1 saturated heterocycles. The summed E-state index contributed by atoms with van der Waals surface area (Å²) in [6, 6.07) is 12.2. The molecule has 0 N–H and O–H groups in total. The molecule has 1 unspecified atom stereocenters. The van der Waals surface area contributed by atoms with Crippen LogP contribution in [0.2, 0.25) is 0 Å². The van der Waals surface area contributed by atoms with Gasteiger partial charge in [0.1, 0.15) is 16.9 Å². The van der Waals surface area contributed by atoms with Gasteiger partial charge >= 0.3 is 5.97 Å². The molecule has 37 heavy (non-hydrogen) atoms. The Kier molecular flexibility index (Phi) is 6.71. The quantitative estimate of drug-likeness (QED) is 0.307. The second kappa shape index (κ2) is 10.1. The minimum absolute atomic E-state index is 0.0276. The Morgan fingerprint density at radius 3 is 2.73 bits per heavy atom. The summed E-state index contributed by atoms with van der Waals surface area (Å²) in [5.74, 6) is -1.18. The number of hydrogen-bond donors (Lipinski definition) is 0. The van der Waals surface area contributed by atoms with Gasteiger partial charge < -0.3 is 14.0 Å². The molecule has 3 aromatic heterocycles. The number of rotatable bonds is 5. The molecule has 4 aromatic rings. The molecule has 1 aliphatic rings. The Balaban J connectivity index is 1.88. The standard InChI is InChI=1S/C28H28N4O5/c1-4-36-28(35)22-15-21-24(29-23-18(3)9-6-12-31(23)27(21)34)32(16-20-11-7-13-37-20)25(22)30-26(33)19-10-5-8-17(2)14-19/h5-6,8-10,12,14-15,20H,4,7,11,13,16H2,1-3H3. The van der Waals surface area contributed by atoms with Gasteiger partial charge in [0.25, 0.3) is 11.5 Å². The summed E-state index contributed by atoms with van der Waals surface area (Å²) in [6.45, 7) is 6.48. The first-order valence-corrected chi connectivity index (χ1v) is 12.4. The number of amides is 1. The maximum absolute atomic E-state index is 13.6. The lowest BCUT2D eigenvalue weighted by Gasteiger charge is -2.18. The van der Waals surface area contributed by atoms with Crippen LogP contribution in [0.1, 0.15) is 51.6 Å². The highest BCUT2D eigenvalue weighted by Crippen LogP contribution is 2.18. The molecule has 5 rings (SSSR count). The zero-order chi connectivity index (χ0) is 26.1. The molecule has 9 heteroatoms. The minimum atomic E-state index is -0.671. The molecule has 0 saturated carbocycles. The van der Waals surface area contributed by atoms with E-state index in [4.69, 9.17) is 14.5 Å². The van der Waals surface area contributed by atoms with E-state index < -0.39 is 11.9 Å². The van der Waals surface area contributed by atoms with Crippen molar-refractivity contribution in [2.24, 2.45) is 4.99 Å². The van der Waals surface area contributed by atoms with Gasteiger partial charge in [-0.05, 0) is 63.4 Å². The van der Waals surface area contributed by atoms with E-state index in [2.05, 4.69) is 4.99 Å². The molecule has 0 bridgehead atoms. The van der Waals surface area contributed by atoms with E-state index in [1.807, 2.05) is 26.0 Å². The van der Waals surface area contributed by atoms with Crippen LogP contribution in [0.3, 0.4) is 0 Å². The van der Waals surface area contributed by atoms with Crippen LogP contribution in [0.25, 0.3) is 16.7 Å². The number of aromatic nitrogens is 3. The molecular formula is C28H28N4O5. The molecule has 1 atom stereocenters. The highest BCUT2D eigenvalue weighted by atomic mass is 16.5. The van der Waals surface area contributed by atoms with E-state index >= 15 is 0 Å². The monoisotopic (exact) mass is 500 g/mol. The molecule has 1 amide bonds. The van der Waals surface area contributed by atoms with Gasteiger partial charge in [-0.3, -0.25) is 14.0 Å². The topological polar surface area (TPSA) is 104 Å². The van der Waals surface area contributed by atoms with E-state index in [1.165, 1.54) is 10.5 Å². The van der Waals surface area contributed by atoms with Crippen LogP contribution in [-0.4, -0.2) is 45.1 Å². The van der Waals surface area contributed by atoms with Crippen molar-refractivity contribution in [1.82, 2.24) is 14.0 Å². The van der Waals surface area contributed by atoms with Crippen molar-refractivity contribution in [3.8, 4) is 0 Å². The number of ether oxygens (including phenoxy) is 2. The predicted octanol–water partition coefficient (Wildman–Crippen LogP) is 3.36. The molecule has 4 heterocycles. The summed E-state index contributed by atoms with van der Waals surface area (Å²) in [7, 11) is 0. The third kappa shape index (κ3) is 4.70. The van der Waals surface area contributed by atoms with Crippen molar-refractivity contribution in [3.05, 3.63) is 86.8 Å². The second-order valence-corrected chi connectivity index (χ2v) is 9.17. The van der Waals surface area contributed by atoms with E-state index in [0.29, 0.717) is 23.5 Å². The number of pyridine rings is 2. The van der Waals surface area contributed by atoms with Crippen LogP contribution >= 0.6 is 0 Å². The zero-order valence-corrected chi connectivity index (χ0v) is 21.1. The van der Waals surface area contributed by atoms with Crippen molar-refractivity contribution >= 4 is 28.6 Å². The first-order valence-electron chi connectivity index (χ1n) is 12.4. The molecule has 9 nitrogen and oxygen atoms in total. The van der Waals surface area contributed by atoms with Crippen LogP contribution in [0.15, 0.2) is 58.4 Å². The molecular weight excluding hydrogens is 472 g/mol. The predicted molar refractivity (Wildman–Crippen MR) is 138 cm³/mol. The summed E-state index contributed by atoms with van der Waals surface area (Å²) in [5.41, 5.74) is 2.73. The molecule has 0 radical (unpaired) electrons. The molecule has 0 aliphatic carbocycles. The Bertz CT molecular complexity index is 1660. The summed E-state index contributed by atoms with van der Waals surface area (Å²) >= 11 is 0. The van der Waals surface area contributed by atoms with Gasteiger partial charge in [0.2, 0.25) is 0 Å². The number of esters is 1. The highest BCUT2D eigenvalue weighted by molar-refractivity contribution is 5.97. The third-order valence-corrected chi connectivity index (χ3v) is 6.48. The Labute approximate surface area is 213 Å². The number of carbonyl (C=O) groups is 2. The number of nitrogens with zero attached hydrogens (tertiary/aromatic N) is 4. The van der Waals surface area contributed by atoms with Gasteiger partial charge in [-0.2, -0.15) is 4.99 Å².